The number of fused-ring (bicyclic) bond motifs is 1. The smallest absolute Gasteiger partial charge is 0.124 e. The largest absolute Gasteiger partial charge is 0.379 e. The highest BCUT2D eigenvalue weighted by Crippen LogP contribution is 2.19. The monoisotopic (exact) mass is 280 g/mol. The Bertz CT molecular complexity index is 548. The number of ether oxygens (including phenoxy) is 1. The van der Waals surface area contributed by atoms with E-state index in [0.717, 1.165) is 30.0 Å². The fourth-order valence-electron chi connectivity index (χ4n) is 2.12. The summed E-state index contributed by atoms with van der Waals surface area (Å²) in [6.07, 6.45) is 0. The van der Waals surface area contributed by atoms with Crippen molar-refractivity contribution >= 4 is 22.6 Å². The Kier molecular flexibility index (Phi) is 4.83. The molecule has 0 saturated heterocycles. The SMILES string of the molecule is Cc1ccc2c(c1)nc(CCl)n2CCOCC(C)C. The van der Waals surface area contributed by atoms with Gasteiger partial charge < -0.3 is 9.30 Å². The molecule has 0 aliphatic rings. The topological polar surface area (TPSA) is 27.1 Å². The first-order valence-corrected chi connectivity index (χ1v) is 7.24. The predicted octanol–water partition coefficient (Wildman–Crippen LogP) is 3.76. The molecule has 2 aromatic rings. The van der Waals surface area contributed by atoms with E-state index >= 15 is 0 Å². The molecular formula is C15H21ClN2O. The van der Waals surface area contributed by atoms with Crippen LogP contribution < -0.4 is 0 Å². The van der Waals surface area contributed by atoms with Gasteiger partial charge in [-0.05, 0) is 30.5 Å². The molecule has 0 aliphatic heterocycles. The highest BCUT2D eigenvalue weighted by Gasteiger charge is 2.09. The van der Waals surface area contributed by atoms with E-state index in [0.29, 0.717) is 18.4 Å². The van der Waals surface area contributed by atoms with Crippen molar-refractivity contribution in [1.82, 2.24) is 9.55 Å². The summed E-state index contributed by atoms with van der Waals surface area (Å²) in [5.74, 6) is 1.91. The highest BCUT2D eigenvalue weighted by atomic mass is 35.5. The van der Waals surface area contributed by atoms with Crippen LogP contribution in [0.3, 0.4) is 0 Å². The van der Waals surface area contributed by atoms with Gasteiger partial charge in [0.25, 0.3) is 0 Å². The van der Waals surface area contributed by atoms with Crippen molar-refractivity contribution in [2.45, 2.75) is 33.2 Å². The number of imidazole rings is 1. The van der Waals surface area contributed by atoms with Gasteiger partial charge in [0.15, 0.2) is 0 Å². The molecule has 19 heavy (non-hydrogen) atoms. The van der Waals surface area contributed by atoms with Crippen LogP contribution in [-0.2, 0) is 17.2 Å². The molecular weight excluding hydrogens is 260 g/mol. The molecule has 0 atom stereocenters. The zero-order valence-corrected chi connectivity index (χ0v) is 12.6. The Labute approximate surface area is 119 Å². The molecule has 0 radical (unpaired) electrons. The van der Waals surface area contributed by atoms with E-state index in [1.54, 1.807) is 0 Å². The van der Waals surface area contributed by atoms with Crippen LogP contribution in [0.25, 0.3) is 11.0 Å². The Balaban J connectivity index is 2.16. The number of hydrogen-bond donors (Lipinski definition) is 0. The Morgan fingerprint density at radius 2 is 2.16 bits per heavy atom. The van der Waals surface area contributed by atoms with Crippen LogP contribution in [0.2, 0.25) is 0 Å². The van der Waals surface area contributed by atoms with Gasteiger partial charge in [0, 0.05) is 13.2 Å². The lowest BCUT2D eigenvalue weighted by Gasteiger charge is -2.10. The van der Waals surface area contributed by atoms with Crippen LogP contribution in [0.5, 0.6) is 0 Å². The molecule has 0 fully saturated rings. The summed E-state index contributed by atoms with van der Waals surface area (Å²) in [7, 11) is 0. The average molecular weight is 281 g/mol. The summed E-state index contributed by atoms with van der Waals surface area (Å²) >= 11 is 5.98. The van der Waals surface area contributed by atoms with E-state index < -0.39 is 0 Å². The Morgan fingerprint density at radius 1 is 1.37 bits per heavy atom. The number of alkyl halides is 1. The molecule has 1 aromatic heterocycles. The molecule has 1 heterocycles. The van der Waals surface area contributed by atoms with Gasteiger partial charge in [-0.2, -0.15) is 0 Å². The maximum absolute atomic E-state index is 5.98. The summed E-state index contributed by atoms with van der Waals surface area (Å²) in [4.78, 5) is 4.58. The number of aromatic nitrogens is 2. The van der Waals surface area contributed by atoms with Crippen LogP contribution in [0.4, 0.5) is 0 Å². The van der Waals surface area contributed by atoms with E-state index in [1.165, 1.54) is 5.56 Å². The third kappa shape index (κ3) is 3.48. The summed E-state index contributed by atoms with van der Waals surface area (Å²) in [6, 6.07) is 6.31. The molecule has 0 saturated carbocycles. The second-order valence-corrected chi connectivity index (χ2v) is 5.54. The van der Waals surface area contributed by atoms with Crippen molar-refractivity contribution < 1.29 is 4.74 Å². The summed E-state index contributed by atoms with van der Waals surface area (Å²) < 4.78 is 7.80. The standard InChI is InChI=1S/C15H21ClN2O/c1-11(2)10-19-7-6-18-14-5-4-12(3)8-13(14)17-15(18)9-16/h4-5,8,11H,6-7,9-10H2,1-3H3. The lowest BCUT2D eigenvalue weighted by molar-refractivity contribution is 0.103. The van der Waals surface area contributed by atoms with Crippen LogP contribution in [0.15, 0.2) is 18.2 Å². The molecule has 4 heteroatoms. The van der Waals surface area contributed by atoms with Crippen LogP contribution in [-0.4, -0.2) is 22.8 Å². The van der Waals surface area contributed by atoms with E-state index in [-0.39, 0.29) is 0 Å². The second-order valence-electron chi connectivity index (χ2n) is 5.27. The molecule has 1 aromatic carbocycles. The second kappa shape index (κ2) is 6.40. The molecule has 0 amide bonds. The Hall–Kier alpha value is -1.06. The molecule has 0 bridgehead atoms. The lowest BCUT2D eigenvalue weighted by Crippen LogP contribution is -2.11. The number of halogens is 1. The number of nitrogens with zero attached hydrogens (tertiary/aromatic N) is 2. The van der Waals surface area contributed by atoms with Crippen LogP contribution >= 0.6 is 11.6 Å². The van der Waals surface area contributed by atoms with Gasteiger partial charge in [-0.25, -0.2) is 4.98 Å². The van der Waals surface area contributed by atoms with E-state index in [9.17, 15) is 0 Å². The lowest BCUT2D eigenvalue weighted by atomic mass is 10.2. The van der Waals surface area contributed by atoms with E-state index in [4.69, 9.17) is 16.3 Å². The fraction of sp³-hybridized carbons (Fsp3) is 0.533. The predicted molar refractivity (Wildman–Crippen MR) is 79.7 cm³/mol. The van der Waals surface area contributed by atoms with Crippen molar-refractivity contribution in [2.75, 3.05) is 13.2 Å². The molecule has 0 N–H and O–H groups in total. The third-order valence-corrected chi connectivity index (χ3v) is 3.25. The van der Waals surface area contributed by atoms with Gasteiger partial charge in [0.2, 0.25) is 0 Å². The van der Waals surface area contributed by atoms with Gasteiger partial charge in [0.05, 0.1) is 23.5 Å². The molecule has 0 aliphatic carbocycles. The van der Waals surface area contributed by atoms with Crippen molar-refractivity contribution in [2.24, 2.45) is 5.92 Å². The minimum atomic E-state index is 0.428. The quantitative estimate of drug-likeness (QED) is 0.595. The zero-order chi connectivity index (χ0) is 13.8. The zero-order valence-electron chi connectivity index (χ0n) is 11.8. The summed E-state index contributed by atoms with van der Waals surface area (Å²) in [5.41, 5.74) is 3.36. The Morgan fingerprint density at radius 3 is 2.84 bits per heavy atom. The van der Waals surface area contributed by atoms with Gasteiger partial charge in [-0.3, -0.25) is 0 Å². The van der Waals surface area contributed by atoms with E-state index in [2.05, 4.69) is 48.5 Å². The minimum absolute atomic E-state index is 0.428. The first-order chi connectivity index (χ1) is 9.11. The number of hydrogen-bond acceptors (Lipinski definition) is 2. The summed E-state index contributed by atoms with van der Waals surface area (Å²) in [5, 5.41) is 0. The van der Waals surface area contributed by atoms with Gasteiger partial charge in [-0.15, -0.1) is 11.6 Å². The third-order valence-electron chi connectivity index (χ3n) is 3.01. The van der Waals surface area contributed by atoms with Gasteiger partial charge in [0.1, 0.15) is 5.82 Å². The van der Waals surface area contributed by atoms with Crippen LogP contribution in [0, 0.1) is 12.8 Å². The molecule has 3 nitrogen and oxygen atoms in total. The van der Waals surface area contributed by atoms with E-state index in [1.807, 2.05) is 0 Å². The number of rotatable bonds is 6. The molecule has 2 rings (SSSR count). The highest BCUT2D eigenvalue weighted by molar-refractivity contribution is 6.16. The fourth-order valence-corrected chi connectivity index (χ4v) is 2.32. The van der Waals surface area contributed by atoms with Crippen LogP contribution in [0.1, 0.15) is 25.2 Å². The van der Waals surface area contributed by atoms with Crippen molar-refractivity contribution in [3.05, 3.63) is 29.6 Å². The first-order valence-electron chi connectivity index (χ1n) is 6.71. The first kappa shape index (κ1) is 14.4. The number of aryl methyl sites for hydroxylation is 1. The van der Waals surface area contributed by atoms with Crippen molar-refractivity contribution in [3.63, 3.8) is 0 Å². The normalized spacial score (nSPS) is 11.6. The van der Waals surface area contributed by atoms with Gasteiger partial charge >= 0.3 is 0 Å². The molecule has 104 valence electrons. The average Bonchev–Trinajstić information content (AvgIpc) is 2.71. The van der Waals surface area contributed by atoms with Crippen molar-refractivity contribution in [1.29, 1.82) is 0 Å². The number of benzene rings is 1. The van der Waals surface area contributed by atoms with Gasteiger partial charge in [-0.1, -0.05) is 19.9 Å². The minimum Gasteiger partial charge on any atom is -0.379 e. The molecule has 0 unspecified atom stereocenters. The summed E-state index contributed by atoms with van der Waals surface area (Å²) in [6.45, 7) is 8.67. The van der Waals surface area contributed by atoms with Crippen molar-refractivity contribution in [3.8, 4) is 0 Å². The molecule has 0 spiro atoms. The maximum Gasteiger partial charge on any atom is 0.124 e. The maximum atomic E-state index is 5.98.